The lowest BCUT2D eigenvalue weighted by Crippen LogP contribution is -2.42. The van der Waals surface area contributed by atoms with Crippen LogP contribution in [0.2, 0.25) is 19.1 Å². The predicted molar refractivity (Wildman–Crippen MR) is 70.7 cm³/mol. The summed E-state index contributed by atoms with van der Waals surface area (Å²) >= 11 is 0. The molecular formula is C13H19NO2Si. The molecule has 0 spiro atoms. The van der Waals surface area contributed by atoms with E-state index >= 15 is 0 Å². The van der Waals surface area contributed by atoms with Crippen molar-refractivity contribution in [2.75, 3.05) is 6.54 Å². The highest BCUT2D eigenvalue weighted by molar-refractivity contribution is 6.75. The van der Waals surface area contributed by atoms with Crippen molar-refractivity contribution < 1.29 is 9.90 Å². The number of benzene rings is 1. The summed E-state index contributed by atoms with van der Waals surface area (Å²) in [4.78, 5) is 11.1. The Morgan fingerprint density at radius 1 is 1.41 bits per heavy atom. The highest BCUT2D eigenvalue weighted by Crippen LogP contribution is 2.28. The van der Waals surface area contributed by atoms with Gasteiger partial charge in [0.1, 0.15) is 8.24 Å². The number of carbonyl (C=O) groups is 1. The summed E-state index contributed by atoms with van der Waals surface area (Å²) in [5.41, 5.74) is 1.40. The van der Waals surface area contributed by atoms with E-state index in [1.807, 2.05) is 12.1 Å². The van der Waals surface area contributed by atoms with E-state index in [1.165, 1.54) is 12.5 Å². The van der Waals surface area contributed by atoms with Crippen LogP contribution in [0.4, 0.5) is 0 Å². The predicted octanol–water partition coefficient (Wildman–Crippen LogP) is 2.80. The summed E-state index contributed by atoms with van der Waals surface area (Å²) in [5, 5.41) is 9.16. The zero-order chi connectivity index (χ0) is 12.5. The van der Waals surface area contributed by atoms with E-state index in [0.717, 1.165) is 18.7 Å². The molecule has 4 heteroatoms. The topological polar surface area (TPSA) is 40.5 Å². The van der Waals surface area contributed by atoms with Crippen LogP contribution in [0.5, 0.6) is 0 Å². The van der Waals surface area contributed by atoms with Gasteiger partial charge in [0.25, 0.3) is 0 Å². The van der Waals surface area contributed by atoms with Gasteiger partial charge in [-0.2, -0.15) is 0 Å². The molecule has 3 nitrogen and oxygen atoms in total. The first-order chi connectivity index (χ1) is 8.00. The van der Waals surface area contributed by atoms with Crippen molar-refractivity contribution >= 4 is 14.2 Å². The minimum Gasteiger partial charge on any atom is -0.478 e. The summed E-state index contributed by atoms with van der Waals surface area (Å²) in [7, 11) is -1.27. The van der Waals surface area contributed by atoms with E-state index in [4.69, 9.17) is 5.11 Å². The fourth-order valence-corrected chi connectivity index (χ4v) is 5.23. The van der Waals surface area contributed by atoms with E-state index in [9.17, 15) is 4.79 Å². The summed E-state index contributed by atoms with van der Waals surface area (Å²) < 4.78 is 2.51. The van der Waals surface area contributed by atoms with Gasteiger partial charge in [-0.15, -0.1) is 0 Å². The zero-order valence-electron chi connectivity index (χ0n) is 10.4. The maximum atomic E-state index is 11.1. The molecule has 17 heavy (non-hydrogen) atoms. The summed E-state index contributed by atoms with van der Waals surface area (Å²) in [6.45, 7) is 6.64. The van der Waals surface area contributed by atoms with Crippen LogP contribution in [0.15, 0.2) is 24.3 Å². The molecule has 1 fully saturated rings. The van der Waals surface area contributed by atoms with Crippen molar-refractivity contribution in [1.82, 2.24) is 4.57 Å². The second kappa shape index (κ2) is 4.62. The van der Waals surface area contributed by atoms with Crippen LogP contribution in [0.3, 0.4) is 0 Å². The van der Waals surface area contributed by atoms with Gasteiger partial charge in [-0.3, -0.25) is 0 Å². The second-order valence-electron chi connectivity index (χ2n) is 5.30. The zero-order valence-corrected chi connectivity index (χ0v) is 11.4. The maximum absolute atomic E-state index is 11.1. The van der Waals surface area contributed by atoms with Crippen molar-refractivity contribution in [3.05, 3.63) is 35.4 Å². The highest BCUT2D eigenvalue weighted by Gasteiger charge is 2.34. The van der Waals surface area contributed by atoms with Gasteiger partial charge < -0.3 is 9.67 Å². The molecule has 2 rings (SSSR count). The van der Waals surface area contributed by atoms with Crippen molar-refractivity contribution in [1.29, 1.82) is 0 Å². The van der Waals surface area contributed by atoms with Crippen LogP contribution >= 0.6 is 0 Å². The molecule has 1 aliphatic rings. The normalized spacial score (nSPS) is 19.4. The molecule has 1 aromatic rings. The Hall–Kier alpha value is -1.13. The fraction of sp³-hybridized carbons (Fsp3) is 0.462. The maximum Gasteiger partial charge on any atom is 0.336 e. The van der Waals surface area contributed by atoms with Crippen LogP contribution in [0, 0.1) is 0 Å². The Labute approximate surface area is 103 Å². The first-order valence-corrected chi connectivity index (χ1v) is 9.22. The SMILES string of the molecule is C[Si]1(C)CCCN1Cc1ccccc1C(=O)O. The number of hydrogen-bond acceptors (Lipinski definition) is 2. The van der Waals surface area contributed by atoms with E-state index < -0.39 is 14.2 Å². The molecule has 0 amide bonds. The van der Waals surface area contributed by atoms with Crippen LogP contribution in [0.1, 0.15) is 22.3 Å². The fourth-order valence-electron chi connectivity index (χ4n) is 2.53. The highest BCUT2D eigenvalue weighted by atomic mass is 28.3. The molecule has 1 saturated heterocycles. The van der Waals surface area contributed by atoms with Crippen molar-refractivity contribution in [3.63, 3.8) is 0 Å². The van der Waals surface area contributed by atoms with Crippen molar-refractivity contribution in [3.8, 4) is 0 Å². The number of carboxylic acid groups (broad SMARTS) is 1. The lowest BCUT2D eigenvalue weighted by atomic mass is 10.1. The molecule has 1 aliphatic heterocycles. The third-order valence-electron chi connectivity index (χ3n) is 3.68. The van der Waals surface area contributed by atoms with Crippen LogP contribution in [-0.2, 0) is 6.54 Å². The van der Waals surface area contributed by atoms with Gasteiger partial charge in [-0.25, -0.2) is 4.79 Å². The molecule has 1 aromatic carbocycles. The minimum absolute atomic E-state index is 0.448. The smallest absolute Gasteiger partial charge is 0.336 e. The first-order valence-electron chi connectivity index (χ1n) is 6.07. The molecule has 0 aliphatic carbocycles. The second-order valence-corrected chi connectivity index (χ2v) is 10.1. The number of carboxylic acids is 1. The Balaban J connectivity index is 2.21. The van der Waals surface area contributed by atoms with Crippen molar-refractivity contribution in [2.45, 2.75) is 32.1 Å². The number of rotatable bonds is 3. The van der Waals surface area contributed by atoms with Gasteiger partial charge in [0.05, 0.1) is 5.56 Å². The number of nitrogens with zero attached hydrogens (tertiary/aromatic N) is 1. The summed E-state index contributed by atoms with van der Waals surface area (Å²) in [5.74, 6) is -0.820. The first kappa shape index (κ1) is 12.3. The van der Waals surface area contributed by atoms with Gasteiger partial charge in [-0.1, -0.05) is 31.3 Å². The molecule has 92 valence electrons. The summed E-state index contributed by atoms with van der Waals surface area (Å²) in [6, 6.07) is 8.67. The van der Waals surface area contributed by atoms with E-state index in [0.29, 0.717) is 5.56 Å². The van der Waals surface area contributed by atoms with Gasteiger partial charge in [-0.05, 0) is 30.6 Å². The molecule has 0 radical (unpaired) electrons. The molecule has 0 atom stereocenters. The van der Waals surface area contributed by atoms with E-state index in [-0.39, 0.29) is 0 Å². The molecule has 1 heterocycles. The quantitative estimate of drug-likeness (QED) is 0.837. The minimum atomic E-state index is -1.27. The molecule has 0 saturated carbocycles. The Kier molecular flexibility index (Phi) is 3.35. The summed E-state index contributed by atoms with van der Waals surface area (Å²) in [6.07, 6.45) is 1.26. The average Bonchev–Trinajstić information content (AvgIpc) is 2.59. The van der Waals surface area contributed by atoms with Crippen molar-refractivity contribution in [2.24, 2.45) is 0 Å². The molecule has 0 aromatic heterocycles. The lowest BCUT2D eigenvalue weighted by molar-refractivity contribution is 0.0695. The Morgan fingerprint density at radius 3 is 2.71 bits per heavy atom. The molecular weight excluding hydrogens is 230 g/mol. The van der Waals surface area contributed by atoms with E-state index in [2.05, 4.69) is 17.7 Å². The molecule has 0 bridgehead atoms. The van der Waals surface area contributed by atoms with Gasteiger partial charge in [0.15, 0.2) is 0 Å². The lowest BCUT2D eigenvalue weighted by Gasteiger charge is -2.30. The number of aromatic carboxylic acids is 1. The average molecular weight is 249 g/mol. The van der Waals surface area contributed by atoms with Crippen LogP contribution in [0.25, 0.3) is 0 Å². The molecule has 1 N–H and O–H groups in total. The van der Waals surface area contributed by atoms with Crippen LogP contribution in [-0.4, -0.2) is 30.4 Å². The largest absolute Gasteiger partial charge is 0.478 e. The third-order valence-corrected chi connectivity index (χ3v) is 7.35. The van der Waals surface area contributed by atoms with E-state index in [1.54, 1.807) is 12.1 Å². The Bertz CT molecular complexity index is 431. The number of hydrogen-bond donors (Lipinski definition) is 1. The standard InChI is InChI=1S/C13H19NO2Si/c1-17(2)9-5-8-14(17)10-11-6-3-4-7-12(11)13(15)16/h3-4,6-7H,5,8-10H2,1-2H3,(H,15,16). The third kappa shape index (κ3) is 2.58. The molecule has 0 unspecified atom stereocenters. The monoisotopic (exact) mass is 249 g/mol. The van der Waals surface area contributed by atoms with Crippen LogP contribution < -0.4 is 0 Å². The van der Waals surface area contributed by atoms with Gasteiger partial charge in [0, 0.05) is 6.54 Å². The van der Waals surface area contributed by atoms with Gasteiger partial charge >= 0.3 is 5.97 Å². The van der Waals surface area contributed by atoms with Gasteiger partial charge in [0.2, 0.25) is 0 Å². The Morgan fingerprint density at radius 2 is 2.12 bits per heavy atom.